The molecule has 0 aromatic heterocycles. The monoisotopic (exact) mass is 567 g/mol. The fourth-order valence-electron chi connectivity index (χ4n) is 5.49. The molecule has 2 aliphatic rings. The van der Waals surface area contributed by atoms with Crippen LogP contribution < -0.4 is 21.7 Å². The minimum atomic E-state index is -0.536. The zero-order chi connectivity index (χ0) is 29.7. The molecule has 5 N–H and O–H groups in total. The molecule has 0 spiro atoms. The number of rotatable bonds is 10. The van der Waals surface area contributed by atoms with Crippen molar-refractivity contribution in [1.82, 2.24) is 10.2 Å². The highest BCUT2D eigenvalue weighted by Gasteiger charge is 2.38. The van der Waals surface area contributed by atoms with Crippen molar-refractivity contribution >= 4 is 35.0 Å². The summed E-state index contributed by atoms with van der Waals surface area (Å²) < 4.78 is 5.73. The number of morpholine rings is 1. The fourth-order valence-corrected chi connectivity index (χ4v) is 5.49. The van der Waals surface area contributed by atoms with Gasteiger partial charge in [-0.05, 0) is 58.9 Å². The summed E-state index contributed by atoms with van der Waals surface area (Å²) in [5.41, 5.74) is 10.7. The van der Waals surface area contributed by atoms with Gasteiger partial charge in [0.2, 0.25) is 11.8 Å². The van der Waals surface area contributed by atoms with Crippen molar-refractivity contribution in [2.75, 3.05) is 42.6 Å². The van der Waals surface area contributed by atoms with E-state index in [-0.39, 0.29) is 17.2 Å². The van der Waals surface area contributed by atoms with Gasteiger partial charge in [0.25, 0.3) is 0 Å². The molecule has 8 nitrogen and oxygen atoms in total. The van der Waals surface area contributed by atoms with Crippen LogP contribution in [0.15, 0.2) is 78.9 Å². The Morgan fingerprint density at radius 1 is 1.02 bits per heavy atom. The maximum absolute atomic E-state index is 13.6. The predicted octanol–water partition coefficient (Wildman–Crippen LogP) is 4.96. The standard InChI is InChI=1S/C34H41N5O3/c1-34(2,3)25-13-15-26(16-14-25)37-33(41)32(36-18-19-39-21-28-20-27(39)22-42-28)24-11-8-23(9-12-24)10-17-31(40)38-30-7-5-4-6-29(30)35/h4-17,27-28,32,36H,18-22,35H2,1-3H3,(H,37,41)(H,38,40). The number of para-hydroxylation sites is 2. The number of hydrogen-bond acceptors (Lipinski definition) is 6. The molecule has 3 aromatic carbocycles. The maximum atomic E-state index is 13.6. The number of likely N-dealkylation sites (tertiary alicyclic amines) is 1. The van der Waals surface area contributed by atoms with E-state index in [1.165, 1.54) is 11.6 Å². The fraction of sp³-hybridized carbons (Fsp3) is 0.353. The third-order valence-electron chi connectivity index (χ3n) is 7.96. The van der Waals surface area contributed by atoms with E-state index >= 15 is 0 Å². The zero-order valence-electron chi connectivity index (χ0n) is 24.6. The lowest BCUT2D eigenvalue weighted by molar-refractivity contribution is -0.118. The summed E-state index contributed by atoms with van der Waals surface area (Å²) >= 11 is 0. The summed E-state index contributed by atoms with van der Waals surface area (Å²) in [4.78, 5) is 28.4. The summed E-state index contributed by atoms with van der Waals surface area (Å²) in [5, 5.41) is 9.38. The molecule has 2 amide bonds. The Hall–Kier alpha value is -3.98. The highest BCUT2D eigenvalue weighted by atomic mass is 16.5. The molecule has 0 radical (unpaired) electrons. The van der Waals surface area contributed by atoms with E-state index in [0.29, 0.717) is 30.1 Å². The number of nitrogen functional groups attached to an aromatic ring is 1. The average molecular weight is 568 g/mol. The van der Waals surface area contributed by atoms with Crippen LogP contribution in [0.2, 0.25) is 0 Å². The van der Waals surface area contributed by atoms with Gasteiger partial charge in [0.1, 0.15) is 6.04 Å². The van der Waals surface area contributed by atoms with Gasteiger partial charge in [0.05, 0.1) is 24.1 Å². The van der Waals surface area contributed by atoms with Gasteiger partial charge in [0.15, 0.2) is 0 Å². The highest BCUT2D eigenvalue weighted by Crippen LogP contribution is 2.28. The highest BCUT2D eigenvalue weighted by molar-refractivity contribution is 6.03. The van der Waals surface area contributed by atoms with E-state index < -0.39 is 6.04 Å². The number of fused-ring (bicyclic) bond motifs is 2. The summed E-state index contributed by atoms with van der Waals surface area (Å²) in [6, 6.07) is 22.8. The molecule has 2 heterocycles. The van der Waals surface area contributed by atoms with Crippen LogP contribution >= 0.6 is 0 Å². The summed E-state index contributed by atoms with van der Waals surface area (Å²) in [6.45, 7) is 9.79. The number of hydrogen-bond donors (Lipinski definition) is 4. The molecule has 2 aliphatic heterocycles. The molecular weight excluding hydrogens is 526 g/mol. The first-order valence-electron chi connectivity index (χ1n) is 14.6. The molecule has 2 bridgehead atoms. The topological polar surface area (TPSA) is 109 Å². The van der Waals surface area contributed by atoms with Crippen LogP contribution in [0.1, 0.15) is 49.9 Å². The zero-order valence-corrected chi connectivity index (χ0v) is 24.6. The number of nitrogens with zero attached hydrogens (tertiary/aromatic N) is 1. The number of amides is 2. The van der Waals surface area contributed by atoms with Crippen molar-refractivity contribution in [3.8, 4) is 0 Å². The Balaban J connectivity index is 1.25. The van der Waals surface area contributed by atoms with Crippen LogP contribution in [0.4, 0.5) is 17.1 Å². The van der Waals surface area contributed by atoms with E-state index in [1.54, 1.807) is 18.2 Å². The van der Waals surface area contributed by atoms with Gasteiger partial charge in [-0.3, -0.25) is 14.5 Å². The van der Waals surface area contributed by atoms with Gasteiger partial charge < -0.3 is 26.4 Å². The van der Waals surface area contributed by atoms with E-state index in [9.17, 15) is 9.59 Å². The molecule has 3 aromatic rings. The molecule has 3 unspecified atom stereocenters. The van der Waals surface area contributed by atoms with Crippen molar-refractivity contribution < 1.29 is 14.3 Å². The van der Waals surface area contributed by atoms with Gasteiger partial charge in [0, 0.05) is 37.4 Å². The third kappa shape index (κ3) is 7.45. The quantitative estimate of drug-likeness (QED) is 0.204. The second kappa shape index (κ2) is 12.9. The van der Waals surface area contributed by atoms with Crippen LogP contribution in [-0.2, 0) is 19.7 Å². The molecular formula is C34H41N5O3. The van der Waals surface area contributed by atoms with Crippen LogP contribution in [0.5, 0.6) is 0 Å². The Labute approximate surface area is 248 Å². The van der Waals surface area contributed by atoms with Crippen LogP contribution in [0, 0.1) is 0 Å². The number of nitrogens with two attached hydrogens (primary N) is 1. The minimum Gasteiger partial charge on any atom is -0.397 e. The van der Waals surface area contributed by atoms with Crippen molar-refractivity contribution in [3.05, 3.63) is 95.6 Å². The van der Waals surface area contributed by atoms with Crippen molar-refractivity contribution in [3.63, 3.8) is 0 Å². The molecule has 0 saturated carbocycles. The summed E-state index contributed by atoms with van der Waals surface area (Å²) in [6.07, 6.45) is 4.65. The summed E-state index contributed by atoms with van der Waals surface area (Å²) in [5.74, 6) is -0.387. The first-order valence-corrected chi connectivity index (χ1v) is 14.6. The number of nitrogens with one attached hydrogen (secondary N) is 3. The van der Waals surface area contributed by atoms with E-state index in [0.717, 1.165) is 42.9 Å². The molecule has 42 heavy (non-hydrogen) atoms. The maximum Gasteiger partial charge on any atom is 0.248 e. The van der Waals surface area contributed by atoms with Crippen molar-refractivity contribution in [1.29, 1.82) is 0 Å². The predicted molar refractivity (Wildman–Crippen MR) is 169 cm³/mol. The van der Waals surface area contributed by atoms with E-state index in [2.05, 4.69) is 53.8 Å². The molecule has 0 aliphatic carbocycles. The van der Waals surface area contributed by atoms with Crippen LogP contribution in [0.3, 0.4) is 0 Å². The number of ether oxygens (including phenoxy) is 1. The first-order chi connectivity index (χ1) is 20.2. The van der Waals surface area contributed by atoms with E-state index in [4.69, 9.17) is 10.5 Å². The molecule has 5 rings (SSSR count). The number of carbonyl (C=O) groups is 2. The summed E-state index contributed by atoms with van der Waals surface area (Å²) in [7, 11) is 0. The Bertz CT molecular complexity index is 1410. The minimum absolute atomic E-state index is 0.0401. The van der Waals surface area contributed by atoms with Crippen molar-refractivity contribution in [2.24, 2.45) is 0 Å². The van der Waals surface area contributed by atoms with Gasteiger partial charge in [-0.25, -0.2) is 0 Å². The lowest BCUT2D eigenvalue weighted by Gasteiger charge is -2.27. The molecule has 220 valence electrons. The van der Waals surface area contributed by atoms with Gasteiger partial charge >= 0.3 is 0 Å². The van der Waals surface area contributed by atoms with Gasteiger partial charge in [-0.1, -0.05) is 69.3 Å². The lowest BCUT2D eigenvalue weighted by atomic mass is 9.87. The van der Waals surface area contributed by atoms with Crippen LogP contribution in [-0.4, -0.2) is 55.1 Å². The first kappa shape index (κ1) is 29.5. The number of anilines is 3. The van der Waals surface area contributed by atoms with Gasteiger partial charge in [-0.2, -0.15) is 0 Å². The molecule has 3 atom stereocenters. The Morgan fingerprint density at radius 3 is 2.40 bits per heavy atom. The number of benzene rings is 3. The third-order valence-corrected chi connectivity index (χ3v) is 7.96. The smallest absolute Gasteiger partial charge is 0.248 e. The largest absolute Gasteiger partial charge is 0.397 e. The van der Waals surface area contributed by atoms with Gasteiger partial charge in [-0.15, -0.1) is 0 Å². The second-order valence-electron chi connectivity index (χ2n) is 12.1. The lowest BCUT2D eigenvalue weighted by Crippen LogP contribution is -2.43. The SMILES string of the molecule is CC(C)(C)c1ccc(NC(=O)C(NCCN2CC3CC2CO3)c2ccc(C=CC(=O)Nc3ccccc3N)cc2)cc1. The van der Waals surface area contributed by atoms with Crippen molar-refractivity contribution in [2.45, 2.75) is 50.8 Å². The molecule has 8 heteroatoms. The van der Waals surface area contributed by atoms with Crippen LogP contribution in [0.25, 0.3) is 6.08 Å². The Morgan fingerprint density at radius 2 is 1.76 bits per heavy atom. The molecule has 2 fully saturated rings. The second-order valence-corrected chi connectivity index (χ2v) is 12.1. The normalized spacial score (nSPS) is 19.2. The molecule has 2 saturated heterocycles. The van der Waals surface area contributed by atoms with E-state index in [1.807, 2.05) is 48.5 Å². The average Bonchev–Trinajstić information content (AvgIpc) is 3.59. The Kier molecular flexibility index (Phi) is 9.06. The number of carbonyl (C=O) groups excluding carboxylic acids is 2.